The molecule has 4 heterocycles. The molecule has 0 fully saturated rings. The van der Waals surface area contributed by atoms with Crippen molar-refractivity contribution in [2.75, 3.05) is 0 Å². The molecule has 0 aliphatic heterocycles. The third kappa shape index (κ3) is 22.3. The molecule has 0 atom stereocenters. The van der Waals surface area contributed by atoms with E-state index in [0.29, 0.717) is 44.5 Å². The van der Waals surface area contributed by atoms with Gasteiger partial charge in [0.05, 0.1) is 22.1 Å². The van der Waals surface area contributed by atoms with Crippen LogP contribution in [0.2, 0.25) is 0 Å². The molecule has 0 aliphatic carbocycles. The van der Waals surface area contributed by atoms with Gasteiger partial charge in [0, 0.05) is 64.1 Å². The Morgan fingerprint density at radius 1 is 0.387 bits per heavy atom. The summed E-state index contributed by atoms with van der Waals surface area (Å²) in [6.45, 7) is 34.5. The van der Waals surface area contributed by atoms with Gasteiger partial charge in [0.15, 0.2) is 0 Å². The maximum Gasteiger partial charge on any atom is 1.00 e. The Balaban J connectivity index is 0.000000233. The SMILES string of the molecule is C.CC(C)(C)P(C(C)(C)C)C(C)(C)C.CC(C)(C)c1ccc(-c2nnc(-c3cccc(-n4c5ccc(-c6ccccc6)cc5c5cc(-c6ccccc6)ccc54)c3)o2)cc1.CC(C)(C)c1ccc(-c2nnc(-c3cccc(-n4c5ccc(Br)cc5c5cc(Br)ccc54)c3)o2)cc1.O=CO[O-].OB(O)c1ccccc1.[H-].[K+].[K+]. The van der Waals surface area contributed by atoms with Crippen molar-refractivity contribution in [3.8, 4) is 79.4 Å². The molecule has 0 saturated carbocycles. The van der Waals surface area contributed by atoms with E-state index in [4.69, 9.17) is 28.9 Å². The number of hydrogen-bond donors (Lipinski definition) is 2. The monoisotopic (exact) mass is 1670 g/mol. The van der Waals surface area contributed by atoms with Crippen molar-refractivity contribution >= 4 is 102 Å². The van der Waals surface area contributed by atoms with Crippen LogP contribution < -0.4 is 113 Å². The summed E-state index contributed by atoms with van der Waals surface area (Å²) in [5.41, 5.74) is 18.2. The van der Waals surface area contributed by atoms with Crippen LogP contribution in [0.1, 0.15) is 124 Å². The molecule has 0 radical (unpaired) electrons. The van der Waals surface area contributed by atoms with E-state index >= 15 is 0 Å². The van der Waals surface area contributed by atoms with Crippen molar-refractivity contribution in [1.29, 1.82) is 0 Å². The minimum atomic E-state index is -1.34. The van der Waals surface area contributed by atoms with Gasteiger partial charge >= 0.3 is 110 Å². The van der Waals surface area contributed by atoms with Crippen molar-refractivity contribution in [3.63, 3.8) is 0 Å². The van der Waals surface area contributed by atoms with E-state index in [2.05, 4.69) is 370 Å². The Labute approximate surface area is 758 Å². The molecule has 11 aromatic carbocycles. The summed E-state index contributed by atoms with van der Waals surface area (Å²) in [7, 11) is -1.33. The zero-order valence-electron chi connectivity index (χ0n) is 66.8. The van der Waals surface area contributed by atoms with E-state index in [1.165, 1.54) is 54.9 Å². The fourth-order valence-electron chi connectivity index (χ4n) is 14.5. The van der Waals surface area contributed by atoms with Crippen molar-refractivity contribution in [1.82, 2.24) is 29.5 Å². The molecule has 0 saturated heterocycles. The molecule has 15 rings (SSSR count). The number of carbonyl (C=O) groups excluding carboxylic acids is 1. The first kappa shape index (κ1) is 89.9. The topological polar surface area (TPSA) is 178 Å². The number of aromatic nitrogens is 6. The third-order valence-electron chi connectivity index (χ3n) is 18.4. The van der Waals surface area contributed by atoms with Crippen LogP contribution in [-0.4, -0.2) is 68.6 Å². The normalized spacial score (nSPS) is 11.5. The Morgan fingerprint density at radius 2 is 0.676 bits per heavy atom. The number of halogens is 2. The largest absolute Gasteiger partial charge is 1.00 e. The summed E-state index contributed by atoms with van der Waals surface area (Å²) >= 11 is 7.26. The third-order valence-corrected chi connectivity index (χ3v) is 23.4. The van der Waals surface area contributed by atoms with Crippen LogP contribution in [0.15, 0.2) is 279 Å². The van der Waals surface area contributed by atoms with Crippen LogP contribution >= 0.6 is 39.8 Å². The first-order chi connectivity index (χ1) is 51.3. The molecule has 0 spiro atoms. The second kappa shape index (κ2) is 38.7. The average Bonchev–Trinajstić information content (AvgIpc) is 1.57. The van der Waals surface area contributed by atoms with Gasteiger partial charge in [-0.3, -0.25) is 4.79 Å². The van der Waals surface area contributed by atoms with Gasteiger partial charge in [-0.1, -0.05) is 291 Å². The van der Waals surface area contributed by atoms with Gasteiger partial charge in [-0.25, -0.2) is 0 Å². The molecule has 4 aromatic heterocycles. The summed E-state index contributed by atoms with van der Waals surface area (Å²) in [6, 6.07) is 89.4. The van der Waals surface area contributed by atoms with Crippen molar-refractivity contribution in [2.45, 2.75) is 138 Å². The summed E-state index contributed by atoms with van der Waals surface area (Å²) in [5, 5.41) is 49.3. The first-order valence-corrected chi connectivity index (χ1v) is 38.8. The predicted octanol–water partition coefficient (Wildman–Crippen LogP) is 17.9. The number of hydrogen-bond acceptors (Lipinski definition) is 11. The molecule has 0 aliphatic rings. The van der Waals surface area contributed by atoms with E-state index in [-0.39, 0.29) is 137 Å². The molecule has 2 N–H and O–H groups in total. The molecule has 19 heteroatoms. The van der Waals surface area contributed by atoms with Gasteiger partial charge in [0.2, 0.25) is 23.6 Å². The van der Waals surface area contributed by atoms with Crippen LogP contribution in [0.5, 0.6) is 0 Å². The van der Waals surface area contributed by atoms with Gasteiger partial charge in [-0.2, -0.15) is 0 Å². The number of benzene rings is 11. The molecule has 15 aromatic rings. The Kier molecular flexibility index (Phi) is 31.3. The molecule has 13 nitrogen and oxygen atoms in total. The Bertz CT molecular complexity index is 5390. The molecule has 0 unspecified atom stereocenters. The van der Waals surface area contributed by atoms with Gasteiger partial charge < -0.3 is 39.6 Å². The quantitative estimate of drug-likeness (QED) is 0.0438. The van der Waals surface area contributed by atoms with Gasteiger partial charge in [-0.05, 0) is 186 Å². The fourth-order valence-corrected chi connectivity index (χ4v) is 21.3. The van der Waals surface area contributed by atoms with E-state index in [1.54, 1.807) is 24.3 Å². The minimum Gasteiger partial charge on any atom is -1.00 e. The van der Waals surface area contributed by atoms with E-state index in [1.807, 2.05) is 36.4 Å². The molecule has 111 heavy (non-hydrogen) atoms. The second-order valence-corrected chi connectivity index (χ2v) is 38.1. The van der Waals surface area contributed by atoms with Crippen molar-refractivity contribution in [2.24, 2.45) is 0 Å². The summed E-state index contributed by atoms with van der Waals surface area (Å²) in [5.74, 6) is 2.02. The molecule has 0 bridgehead atoms. The number of fused-ring (bicyclic) bond motifs is 6. The zero-order valence-corrected chi connectivity index (χ0v) is 76.1. The Morgan fingerprint density at radius 3 is 0.964 bits per heavy atom. The van der Waals surface area contributed by atoms with E-state index in [9.17, 15) is 0 Å². The fraction of sp³-hybridized carbons (Fsp3) is 0.228. The molecular formula is C92H96BBr2K2N6O7P. The van der Waals surface area contributed by atoms with Crippen LogP contribution in [0, 0.1) is 0 Å². The molecular weight excluding hydrogens is 1580 g/mol. The maximum absolute atomic E-state index is 8.64. The smallest absolute Gasteiger partial charge is 1.00 e. The van der Waals surface area contributed by atoms with Crippen LogP contribution in [0.3, 0.4) is 0 Å². The average molecular weight is 1680 g/mol. The Hall–Kier alpha value is -6.62. The standard InChI is InChI=1S/C42H33N3O.C30H23Br2N3O.C12H27P.C6H7BO2.CH2O3.CH4.2K.H/c1-42(2,3)34-21-17-30(18-22-34)40-43-44-41(46-40)33-15-10-16-35(25-33)45-38-23-19-31(28-11-6-4-7-12-28)26-36(38)37-27-32(20-24-39(37)45)29-13-8-5-9-14-29;1-30(2,3)20-9-7-18(8-10-20)28-33-34-29(36-28)19-5-4-6-23(15-19)35-26-13-11-21(31)16-24(26)25-17-22(32)12-14-27(25)35;1-10(2,3)13(11(4,5)6)12(7,8)9;8-7(9)6-4-2-1-3-5-6;2-1-4-3;;;;/h4-27H,1-3H3;4-17H,1-3H3;1-9H3;1-5,8-9H;1,3H;1H4;;;/q;;;;;;2*+1;-1/p-1. The molecule has 560 valence electrons. The summed E-state index contributed by atoms with van der Waals surface area (Å²) in [6.07, 6.45) is 0. The summed E-state index contributed by atoms with van der Waals surface area (Å²) < 4.78 is 19.1. The van der Waals surface area contributed by atoms with E-state index < -0.39 is 7.12 Å². The van der Waals surface area contributed by atoms with Crippen molar-refractivity contribution in [3.05, 3.63) is 281 Å². The molecule has 0 amide bonds. The summed E-state index contributed by atoms with van der Waals surface area (Å²) in [4.78, 5) is 11.2. The van der Waals surface area contributed by atoms with Crippen molar-refractivity contribution < 1.29 is 138 Å². The zero-order chi connectivity index (χ0) is 77.5. The minimum absolute atomic E-state index is 0. The predicted molar refractivity (Wildman–Crippen MR) is 460 cm³/mol. The number of carbonyl (C=O) groups is 1. The van der Waals surface area contributed by atoms with Gasteiger partial charge in [-0.15, -0.1) is 20.4 Å². The van der Waals surface area contributed by atoms with Crippen LogP contribution in [-0.2, 0) is 20.5 Å². The van der Waals surface area contributed by atoms with Gasteiger partial charge in [0.25, 0.3) is 6.47 Å². The van der Waals surface area contributed by atoms with Crippen LogP contribution in [0.4, 0.5) is 0 Å². The van der Waals surface area contributed by atoms with Crippen LogP contribution in [0.25, 0.3) is 123 Å². The second-order valence-electron chi connectivity index (χ2n) is 31.6. The van der Waals surface area contributed by atoms with Gasteiger partial charge in [0.1, 0.15) is 0 Å². The number of nitrogens with zero attached hydrogens (tertiary/aromatic N) is 6. The maximum atomic E-state index is 8.64. The first-order valence-electron chi connectivity index (χ1n) is 35.9. The van der Waals surface area contributed by atoms with E-state index in [0.717, 1.165) is 64.6 Å². The number of rotatable bonds is 10.